The summed E-state index contributed by atoms with van der Waals surface area (Å²) in [5, 5.41) is 11.4. The molecule has 0 aromatic heterocycles. The molecule has 0 saturated heterocycles. The lowest BCUT2D eigenvalue weighted by Crippen LogP contribution is -2.22. The smallest absolute Gasteiger partial charge is 0.303 e. The largest absolute Gasteiger partial charge is 0.481 e. The number of rotatable bonds is 8. The van der Waals surface area contributed by atoms with Crippen molar-refractivity contribution in [2.75, 3.05) is 5.32 Å². The molecule has 2 N–H and O–H groups in total. The van der Waals surface area contributed by atoms with Crippen molar-refractivity contribution in [3.05, 3.63) is 65.7 Å². The van der Waals surface area contributed by atoms with Crippen LogP contribution in [0.4, 0.5) is 5.69 Å². The fraction of sp³-hybridized carbons (Fsp3) is 0.263. The number of anilines is 1. The number of nitrogens with one attached hydrogen (secondary N) is 1. The van der Waals surface area contributed by atoms with Crippen LogP contribution in [-0.2, 0) is 21.8 Å². The third-order valence-corrected chi connectivity index (χ3v) is 4.78. The van der Waals surface area contributed by atoms with Crippen LogP contribution in [0.2, 0.25) is 0 Å². The van der Waals surface area contributed by atoms with Gasteiger partial charge in [-0.15, -0.1) is 11.8 Å². The van der Waals surface area contributed by atoms with Gasteiger partial charge in [0.25, 0.3) is 0 Å². The highest BCUT2D eigenvalue weighted by molar-refractivity contribution is 7.99. The average molecular weight is 343 g/mol. The van der Waals surface area contributed by atoms with Crippen LogP contribution in [0.3, 0.4) is 0 Å². The second-order valence-electron chi connectivity index (χ2n) is 5.52. The van der Waals surface area contributed by atoms with Gasteiger partial charge in [0, 0.05) is 17.9 Å². The maximum absolute atomic E-state index is 12.2. The minimum Gasteiger partial charge on any atom is -0.481 e. The van der Waals surface area contributed by atoms with Gasteiger partial charge in [-0.1, -0.05) is 42.5 Å². The first-order chi connectivity index (χ1) is 11.5. The molecule has 1 amide bonds. The summed E-state index contributed by atoms with van der Waals surface area (Å²) in [6.45, 7) is 1.89. The highest BCUT2D eigenvalue weighted by Gasteiger charge is 2.13. The summed E-state index contributed by atoms with van der Waals surface area (Å²) in [4.78, 5) is 22.8. The van der Waals surface area contributed by atoms with Gasteiger partial charge in [0.15, 0.2) is 0 Å². The summed E-state index contributed by atoms with van der Waals surface area (Å²) >= 11 is 1.59. The molecule has 2 aromatic rings. The summed E-state index contributed by atoms with van der Waals surface area (Å²) < 4.78 is 0. The zero-order valence-electron chi connectivity index (χ0n) is 13.6. The minimum atomic E-state index is -0.809. The van der Waals surface area contributed by atoms with Crippen molar-refractivity contribution in [3.63, 3.8) is 0 Å². The fourth-order valence-electron chi connectivity index (χ4n) is 2.12. The first-order valence-corrected chi connectivity index (χ1v) is 8.86. The quantitative estimate of drug-likeness (QED) is 0.761. The number of hydrogen-bond donors (Lipinski definition) is 2. The third kappa shape index (κ3) is 6.08. The topological polar surface area (TPSA) is 66.4 Å². The van der Waals surface area contributed by atoms with Crippen LogP contribution in [-0.4, -0.2) is 22.2 Å². The molecule has 126 valence electrons. The number of carboxylic acids is 1. The van der Waals surface area contributed by atoms with E-state index in [0.29, 0.717) is 6.42 Å². The molecule has 0 aliphatic rings. The molecule has 0 fully saturated rings. The molecular formula is C19H21NO3S. The molecule has 0 radical (unpaired) electrons. The summed E-state index contributed by atoms with van der Waals surface area (Å²) in [5.74, 6) is -0.0466. The molecule has 0 bridgehead atoms. The van der Waals surface area contributed by atoms with Gasteiger partial charge >= 0.3 is 5.97 Å². The Morgan fingerprint density at radius 1 is 1.04 bits per heavy atom. The third-order valence-electron chi connectivity index (χ3n) is 3.56. The van der Waals surface area contributed by atoms with E-state index in [1.165, 1.54) is 5.56 Å². The van der Waals surface area contributed by atoms with Gasteiger partial charge in [-0.05, 0) is 36.6 Å². The van der Waals surface area contributed by atoms with Crippen LogP contribution in [0.5, 0.6) is 0 Å². The van der Waals surface area contributed by atoms with Crippen LogP contribution in [0.1, 0.15) is 24.5 Å². The van der Waals surface area contributed by atoms with Crippen molar-refractivity contribution in [2.45, 2.75) is 30.8 Å². The van der Waals surface area contributed by atoms with E-state index in [-0.39, 0.29) is 17.6 Å². The highest BCUT2D eigenvalue weighted by Crippen LogP contribution is 2.19. The van der Waals surface area contributed by atoms with E-state index >= 15 is 0 Å². The zero-order chi connectivity index (χ0) is 17.4. The Hall–Kier alpha value is -2.27. The number of carboxylic acid groups (broad SMARTS) is 1. The SMILES string of the molecule is CC(SCc1ccccc1)C(=O)Nc1ccc(CCC(=O)O)cc1. The number of hydrogen-bond acceptors (Lipinski definition) is 3. The number of benzene rings is 2. The van der Waals surface area contributed by atoms with E-state index < -0.39 is 5.97 Å². The Balaban J connectivity index is 1.81. The van der Waals surface area contributed by atoms with Gasteiger partial charge in [0.05, 0.1) is 5.25 Å². The molecular weight excluding hydrogens is 322 g/mol. The normalized spacial score (nSPS) is 11.7. The van der Waals surface area contributed by atoms with E-state index in [2.05, 4.69) is 5.32 Å². The molecule has 2 rings (SSSR count). The maximum Gasteiger partial charge on any atom is 0.303 e. The summed E-state index contributed by atoms with van der Waals surface area (Å²) in [7, 11) is 0. The monoisotopic (exact) mass is 343 g/mol. The van der Waals surface area contributed by atoms with Crippen molar-refractivity contribution in [1.29, 1.82) is 0 Å². The minimum absolute atomic E-state index is 0.0331. The van der Waals surface area contributed by atoms with Gasteiger partial charge in [-0.3, -0.25) is 9.59 Å². The fourth-order valence-corrected chi connectivity index (χ4v) is 2.97. The summed E-state index contributed by atoms with van der Waals surface area (Å²) in [5.41, 5.74) is 2.87. The standard InChI is InChI=1S/C19H21NO3S/c1-14(24-13-16-5-3-2-4-6-16)19(23)20-17-10-7-15(8-11-17)9-12-18(21)22/h2-8,10-11,14H,9,12-13H2,1H3,(H,20,23)(H,21,22). The molecule has 0 heterocycles. The summed E-state index contributed by atoms with van der Waals surface area (Å²) in [6.07, 6.45) is 0.603. The molecule has 1 unspecified atom stereocenters. The molecule has 4 nitrogen and oxygen atoms in total. The van der Waals surface area contributed by atoms with Crippen molar-refractivity contribution in [3.8, 4) is 0 Å². The second kappa shape index (κ2) is 9.13. The van der Waals surface area contributed by atoms with E-state index in [9.17, 15) is 9.59 Å². The van der Waals surface area contributed by atoms with Crippen LogP contribution in [0, 0.1) is 0 Å². The number of carbonyl (C=O) groups excluding carboxylic acids is 1. The van der Waals surface area contributed by atoms with E-state index in [4.69, 9.17) is 5.11 Å². The lowest BCUT2D eigenvalue weighted by molar-refractivity contribution is -0.137. The predicted octanol–water partition coefficient (Wildman–Crippen LogP) is 3.96. The number of carbonyl (C=O) groups is 2. The summed E-state index contributed by atoms with van der Waals surface area (Å²) in [6, 6.07) is 17.4. The second-order valence-corrected chi connectivity index (χ2v) is 6.85. The Kier molecular flexibility index (Phi) is 6.88. The first kappa shape index (κ1) is 18.1. The van der Waals surface area contributed by atoms with Gasteiger partial charge < -0.3 is 10.4 Å². The number of aliphatic carboxylic acids is 1. The number of aryl methyl sites for hydroxylation is 1. The lowest BCUT2D eigenvalue weighted by atomic mass is 10.1. The molecule has 0 aliphatic heterocycles. The molecule has 0 spiro atoms. The van der Waals surface area contributed by atoms with Crippen molar-refractivity contribution in [1.82, 2.24) is 0 Å². The van der Waals surface area contributed by atoms with Crippen molar-refractivity contribution in [2.24, 2.45) is 0 Å². The van der Waals surface area contributed by atoms with Crippen LogP contribution in [0.25, 0.3) is 0 Å². The Morgan fingerprint density at radius 2 is 1.71 bits per heavy atom. The first-order valence-electron chi connectivity index (χ1n) is 7.81. The zero-order valence-corrected chi connectivity index (χ0v) is 14.4. The van der Waals surface area contributed by atoms with Crippen molar-refractivity contribution >= 4 is 29.3 Å². The maximum atomic E-state index is 12.2. The van der Waals surface area contributed by atoms with E-state index in [1.807, 2.05) is 61.5 Å². The van der Waals surface area contributed by atoms with Gasteiger partial charge in [0.1, 0.15) is 0 Å². The molecule has 0 aliphatic carbocycles. The predicted molar refractivity (Wildman–Crippen MR) is 98.2 cm³/mol. The Bertz CT molecular complexity index is 671. The lowest BCUT2D eigenvalue weighted by Gasteiger charge is -2.12. The van der Waals surface area contributed by atoms with Gasteiger partial charge in [-0.25, -0.2) is 0 Å². The molecule has 2 aromatic carbocycles. The molecule has 0 saturated carbocycles. The number of amides is 1. The average Bonchev–Trinajstić information content (AvgIpc) is 2.59. The van der Waals surface area contributed by atoms with Gasteiger partial charge in [0.2, 0.25) is 5.91 Å². The van der Waals surface area contributed by atoms with E-state index in [1.54, 1.807) is 11.8 Å². The number of thioether (sulfide) groups is 1. The molecule has 24 heavy (non-hydrogen) atoms. The highest BCUT2D eigenvalue weighted by atomic mass is 32.2. The Labute approximate surface area is 146 Å². The van der Waals surface area contributed by atoms with Crippen LogP contribution >= 0.6 is 11.8 Å². The van der Waals surface area contributed by atoms with Gasteiger partial charge in [-0.2, -0.15) is 0 Å². The molecule has 5 heteroatoms. The van der Waals surface area contributed by atoms with Crippen LogP contribution < -0.4 is 5.32 Å². The Morgan fingerprint density at radius 3 is 2.33 bits per heavy atom. The van der Waals surface area contributed by atoms with Crippen molar-refractivity contribution < 1.29 is 14.7 Å². The van der Waals surface area contributed by atoms with E-state index in [0.717, 1.165) is 17.0 Å². The van der Waals surface area contributed by atoms with Crippen LogP contribution in [0.15, 0.2) is 54.6 Å². The molecule has 1 atom stereocenters.